The maximum atomic E-state index is 14.1. The Morgan fingerprint density at radius 2 is 1.74 bits per heavy atom. The van der Waals surface area contributed by atoms with E-state index < -0.39 is 29.8 Å². The lowest BCUT2D eigenvalue weighted by molar-refractivity contribution is -0.126. The molecule has 35 heavy (non-hydrogen) atoms. The number of hydrogen-bond donors (Lipinski definition) is 2. The lowest BCUT2D eigenvalue weighted by atomic mass is 9.88. The van der Waals surface area contributed by atoms with Crippen LogP contribution in [0, 0.1) is 5.92 Å². The van der Waals surface area contributed by atoms with Gasteiger partial charge >= 0.3 is 5.97 Å². The number of nitrogens with zero attached hydrogens (tertiary/aromatic N) is 2. The maximum absolute atomic E-state index is 14.1. The molecule has 8 heteroatoms. The molecule has 0 radical (unpaired) electrons. The summed E-state index contributed by atoms with van der Waals surface area (Å²) in [4.78, 5) is 34.0. The van der Waals surface area contributed by atoms with Gasteiger partial charge < -0.3 is 15.2 Å². The number of carbonyl (C=O) groups excluding carboxylic acids is 2. The van der Waals surface area contributed by atoms with Crippen molar-refractivity contribution in [2.75, 3.05) is 7.05 Å². The number of halogens is 1. The summed E-state index contributed by atoms with van der Waals surface area (Å²) in [6.07, 6.45) is -0.0850. The van der Waals surface area contributed by atoms with Crippen LogP contribution in [0.2, 0.25) is 0 Å². The first-order chi connectivity index (χ1) is 16.7. The third-order valence-electron chi connectivity index (χ3n) is 5.86. The van der Waals surface area contributed by atoms with Crippen molar-refractivity contribution in [1.82, 2.24) is 15.3 Å². The van der Waals surface area contributed by atoms with Crippen molar-refractivity contribution in [3.05, 3.63) is 72.1 Å². The van der Waals surface area contributed by atoms with Crippen LogP contribution in [-0.2, 0) is 16.0 Å². The highest BCUT2D eigenvalue weighted by Gasteiger charge is 2.31. The largest absolute Gasteiger partial charge is 0.454 e. The second-order valence-electron chi connectivity index (χ2n) is 9.25. The topological polar surface area (TPSA) is 101 Å². The Hall–Kier alpha value is -3.39. The van der Waals surface area contributed by atoms with Crippen LogP contribution < -0.4 is 5.32 Å². The van der Waals surface area contributed by atoms with Crippen molar-refractivity contribution in [3.63, 3.8) is 0 Å². The number of para-hydroxylation sites is 2. The number of aliphatic hydroxyl groups is 1. The van der Waals surface area contributed by atoms with Gasteiger partial charge in [-0.3, -0.25) is 9.78 Å². The number of esters is 1. The van der Waals surface area contributed by atoms with E-state index >= 15 is 0 Å². The fourth-order valence-corrected chi connectivity index (χ4v) is 3.88. The highest BCUT2D eigenvalue weighted by molar-refractivity contribution is 5.89. The molecule has 3 rings (SSSR count). The van der Waals surface area contributed by atoms with Gasteiger partial charge in [-0.2, -0.15) is 0 Å². The molecule has 2 aromatic carbocycles. The zero-order valence-electron chi connectivity index (χ0n) is 20.3. The number of aromatic nitrogens is 2. The van der Waals surface area contributed by atoms with Crippen LogP contribution >= 0.6 is 0 Å². The molecule has 1 aromatic heterocycles. The van der Waals surface area contributed by atoms with Gasteiger partial charge in [0.2, 0.25) is 5.91 Å². The minimum Gasteiger partial charge on any atom is -0.454 e. The summed E-state index contributed by atoms with van der Waals surface area (Å²) in [5, 5.41) is 13.7. The van der Waals surface area contributed by atoms with E-state index in [1.165, 1.54) is 27.1 Å². The summed E-state index contributed by atoms with van der Waals surface area (Å²) in [7, 11) is 1.50. The Kier molecular flexibility index (Phi) is 8.87. The monoisotopic (exact) mass is 481 g/mol. The lowest BCUT2D eigenvalue weighted by Crippen LogP contribution is -2.38. The van der Waals surface area contributed by atoms with Gasteiger partial charge in [-0.25, -0.2) is 14.2 Å². The summed E-state index contributed by atoms with van der Waals surface area (Å²) in [6, 6.07) is 16.5. The van der Waals surface area contributed by atoms with E-state index in [4.69, 9.17) is 4.74 Å². The molecule has 0 spiro atoms. The quantitative estimate of drug-likeness (QED) is 0.401. The first-order valence-electron chi connectivity index (χ1n) is 11.7. The fraction of sp³-hybridized carbons (Fsp3) is 0.407. The predicted molar refractivity (Wildman–Crippen MR) is 131 cm³/mol. The molecule has 0 aliphatic rings. The lowest BCUT2D eigenvalue weighted by Gasteiger charge is -2.27. The SMILES string of the molecule is CNC(=O)[C@H](CCC(C)(C)F)C[C@H](O)[C@H](Cc1ccccc1)OC(=O)c1cnc2ccccc2n1. The van der Waals surface area contributed by atoms with Crippen LogP contribution in [0.15, 0.2) is 60.8 Å². The Labute approximate surface area is 204 Å². The first kappa shape index (κ1) is 26.2. The molecule has 0 unspecified atom stereocenters. The number of fused-ring (bicyclic) bond motifs is 1. The predicted octanol–water partition coefficient (Wildman–Crippen LogP) is 4.04. The number of hydrogen-bond acceptors (Lipinski definition) is 6. The van der Waals surface area contributed by atoms with Crippen LogP contribution in [0.3, 0.4) is 0 Å². The van der Waals surface area contributed by atoms with Gasteiger partial charge in [0.15, 0.2) is 5.69 Å². The van der Waals surface area contributed by atoms with Crippen molar-refractivity contribution in [3.8, 4) is 0 Å². The fourth-order valence-electron chi connectivity index (χ4n) is 3.88. The number of amides is 1. The molecule has 1 heterocycles. The molecule has 186 valence electrons. The Morgan fingerprint density at radius 3 is 2.40 bits per heavy atom. The van der Waals surface area contributed by atoms with Crippen molar-refractivity contribution in [2.45, 2.75) is 57.4 Å². The minimum absolute atomic E-state index is 0.0178. The molecule has 2 N–H and O–H groups in total. The third-order valence-corrected chi connectivity index (χ3v) is 5.86. The average Bonchev–Trinajstić information content (AvgIpc) is 2.85. The van der Waals surface area contributed by atoms with E-state index in [1.807, 2.05) is 36.4 Å². The number of ether oxygens (including phenoxy) is 1. The normalized spacial score (nSPS) is 14.2. The number of nitrogens with one attached hydrogen (secondary N) is 1. The number of alkyl halides is 1. The van der Waals surface area contributed by atoms with Gasteiger partial charge in [0, 0.05) is 19.4 Å². The van der Waals surface area contributed by atoms with Gasteiger partial charge in [-0.15, -0.1) is 0 Å². The molecule has 0 saturated carbocycles. The number of aliphatic hydroxyl groups excluding tert-OH is 1. The summed E-state index contributed by atoms with van der Waals surface area (Å²) >= 11 is 0. The maximum Gasteiger partial charge on any atom is 0.358 e. The average molecular weight is 482 g/mol. The van der Waals surface area contributed by atoms with E-state index in [0.29, 0.717) is 11.0 Å². The van der Waals surface area contributed by atoms with Crippen molar-refractivity contribution >= 4 is 22.9 Å². The van der Waals surface area contributed by atoms with Crippen LogP contribution in [-0.4, -0.2) is 51.9 Å². The molecule has 0 aliphatic carbocycles. The molecular weight excluding hydrogens is 449 g/mol. The van der Waals surface area contributed by atoms with E-state index in [0.717, 1.165) is 5.56 Å². The summed E-state index contributed by atoms with van der Waals surface area (Å²) in [5.74, 6) is -1.65. The molecule has 0 aliphatic heterocycles. The second-order valence-corrected chi connectivity index (χ2v) is 9.25. The van der Waals surface area contributed by atoms with Gasteiger partial charge in [0.25, 0.3) is 0 Å². The Balaban J connectivity index is 1.80. The highest BCUT2D eigenvalue weighted by Crippen LogP contribution is 2.25. The number of benzene rings is 2. The molecule has 3 aromatic rings. The molecular formula is C27H32FN3O4. The molecule has 0 saturated heterocycles. The van der Waals surface area contributed by atoms with Gasteiger partial charge in [-0.1, -0.05) is 42.5 Å². The third kappa shape index (κ3) is 7.82. The van der Waals surface area contributed by atoms with Crippen molar-refractivity contribution in [2.24, 2.45) is 5.92 Å². The Bertz CT molecular complexity index is 1130. The molecule has 7 nitrogen and oxygen atoms in total. The van der Waals surface area contributed by atoms with Crippen molar-refractivity contribution in [1.29, 1.82) is 0 Å². The first-order valence-corrected chi connectivity index (χ1v) is 11.7. The zero-order valence-corrected chi connectivity index (χ0v) is 20.3. The van der Waals surface area contributed by atoms with E-state index in [9.17, 15) is 19.1 Å². The Morgan fingerprint density at radius 1 is 1.09 bits per heavy atom. The van der Waals surface area contributed by atoms with Crippen LogP contribution in [0.1, 0.15) is 49.2 Å². The van der Waals surface area contributed by atoms with Crippen molar-refractivity contribution < 1.29 is 23.8 Å². The molecule has 0 bridgehead atoms. The van der Waals surface area contributed by atoms with E-state index in [-0.39, 0.29) is 37.3 Å². The number of rotatable bonds is 11. The summed E-state index contributed by atoms with van der Waals surface area (Å²) < 4.78 is 19.8. The highest BCUT2D eigenvalue weighted by atomic mass is 19.1. The van der Waals surface area contributed by atoms with E-state index in [2.05, 4.69) is 15.3 Å². The van der Waals surface area contributed by atoms with E-state index in [1.54, 1.807) is 18.2 Å². The smallest absolute Gasteiger partial charge is 0.358 e. The molecule has 1 amide bonds. The zero-order chi connectivity index (χ0) is 25.4. The van der Waals surface area contributed by atoms with Gasteiger partial charge in [0.05, 0.1) is 23.3 Å². The van der Waals surface area contributed by atoms with Gasteiger partial charge in [0.1, 0.15) is 11.8 Å². The van der Waals surface area contributed by atoms with Crippen LogP contribution in [0.4, 0.5) is 4.39 Å². The van der Waals surface area contributed by atoms with Crippen LogP contribution in [0.5, 0.6) is 0 Å². The minimum atomic E-state index is -1.44. The van der Waals surface area contributed by atoms with Gasteiger partial charge in [-0.05, 0) is 50.8 Å². The summed E-state index contributed by atoms with van der Waals surface area (Å²) in [6.45, 7) is 2.91. The molecule has 0 fully saturated rings. The van der Waals surface area contributed by atoms with Crippen LogP contribution in [0.25, 0.3) is 11.0 Å². The molecule has 3 atom stereocenters. The number of carbonyl (C=O) groups is 2. The second kappa shape index (κ2) is 11.8. The summed E-state index contributed by atoms with van der Waals surface area (Å²) in [5.41, 5.74) is 0.637. The standard InChI is InChI=1S/C27H32FN3O4/c1-27(2,28)14-13-19(25(33)29-3)16-23(32)24(15-18-9-5-4-6-10-18)35-26(34)22-17-30-20-11-7-8-12-21(20)31-22/h4-12,17,19,23-24,32H,13-16H2,1-3H3,(H,29,33)/t19-,23+,24+/m1/s1.